The quantitative estimate of drug-likeness (QED) is 0.275. The molecule has 18 heavy (non-hydrogen) atoms. The predicted molar refractivity (Wildman–Crippen MR) is 84.7 cm³/mol. The van der Waals surface area contributed by atoms with Gasteiger partial charge in [0.25, 0.3) is 0 Å². The fourth-order valence-electron chi connectivity index (χ4n) is 2.19. The van der Waals surface area contributed by atoms with Crippen LogP contribution in [0.15, 0.2) is 4.99 Å². The van der Waals surface area contributed by atoms with E-state index in [9.17, 15) is 0 Å². The average Bonchev–Trinajstić information content (AvgIpc) is 2.38. The summed E-state index contributed by atoms with van der Waals surface area (Å²) in [5, 5.41) is 0. The molecule has 0 aromatic carbocycles. The fraction of sp³-hybridized carbons (Fsp3) is 0.941. The zero-order valence-corrected chi connectivity index (χ0v) is 13.1. The average molecular weight is 253 g/mol. The molecule has 0 spiro atoms. The second-order valence-electron chi connectivity index (χ2n) is 5.42. The van der Waals surface area contributed by atoms with Crippen LogP contribution in [0.2, 0.25) is 0 Å². The maximum atomic E-state index is 4.82. The zero-order valence-electron chi connectivity index (χ0n) is 13.1. The molecule has 0 amide bonds. The van der Waals surface area contributed by atoms with Crippen LogP contribution in [0.5, 0.6) is 0 Å². The molecule has 0 fully saturated rings. The first kappa shape index (κ1) is 17.7. The predicted octanol–water partition coefficient (Wildman–Crippen LogP) is 6.17. The van der Waals surface area contributed by atoms with Gasteiger partial charge in [-0.05, 0) is 32.1 Å². The van der Waals surface area contributed by atoms with E-state index in [1.54, 1.807) is 0 Å². The lowest BCUT2D eigenvalue weighted by Crippen LogP contribution is -2.00. The molecule has 0 aromatic heterocycles. The molecule has 0 bridgehead atoms. The summed E-state index contributed by atoms with van der Waals surface area (Å²) < 4.78 is 0. The second-order valence-corrected chi connectivity index (χ2v) is 5.42. The number of nitrogens with zero attached hydrogens (tertiary/aromatic N) is 1. The Labute approximate surface area is 115 Å². The Morgan fingerprint density at radius 3 is 1.72 bits per heavy atom. The van der Waals surface area contributed by atoms with Gasteiger partial charge in [-0.2, -0.15) is 0 Å². The topological polar surface area (TPSA) is 12.4 Å². The summed E-state index contributed by atoms with van der Waals surface area (Å²) in [6, 6.07) is 0. The summed E-state index contributed by atoms with van der Waals surface area (Å²) >= 11 is 0. The summed E-state index contributed by atoms with van der Waals surface area (Å²) in [6.45, 7) is 7.87. The van der Waals surface area contributed by atoms with Crippen LogP contribution in [0.4, 0.5) is 0 Å². The Bertz CT molecular complexity index is 184. The molecule has 0 saturated carbocycles. The van der Waals surface area contributed by atoms with Gasteiger partial charge in [-0.25, -0.2) is 0 Å². The van der Waals surface area contributed by atoms with Gasteiger partial charge in [-0.3, -0.25) is 4.99 Å². The summed E-state index contributed by atoms with van der Waals surface area (Å²) in [6.07, 6.45) is 16.0. The highest BCUT2D eigenvalue weighted by Crippen LogP contribution is 2.10. The van der Waals surface area contributed by atoms with Gasteiger partial charge in [-0.1, -0.05) is 65.7 Å². The lowest BCUT2D eigenvalue weighted by atomic mass is 10.0. The first-order valence-electron chi connectivity index (χ1n) is 8.37. The molecule has 0 aliphatic heterocycles. The molecule has 1 nitrogen and oxygen atoms in total. The molecule has 0 aliphatic carbocycles. The maximum absolute atomic E-state index is 4.82. The van der Waals surface area contributed by atoms with E-state index in [2.05, 4.69) is 20.8 Å². The van der Waals surface area contributed by atoms with E-state index >= 15 is 0 Å². The minimum Gasteiger partial charge on any atom is -0.294 e. The number of unbranched alkanes of at least 4 members (excludes halogenated alkanes) is 7. The standard InChI is InChI=1S/C17H35N/c1-4-7-10-11-13-15-17(14-12-8-5-2)18-16-9-6-3/h4-16H2,1-3H3/b18-17+. The van der Waals surface area contributed by atoms with E-state index < -0.39 is 0 Å². The largest absolute Gasteiger partial charge is 0.294 e. The molecular formula is C17H35N. The highest BCUT2D eigenvalue weighted by molar-refractivity contribution is 5.84. The van der Waals surface area contributed by atoms with E-state index in [4.69, 9.17) is 4.99 Å². The first-order chi connectivity index (χ1) is 8.85. The van der Waals surface area contributed by atoms with Gasteiger partial charge >= 0.3 is 0 Å². The van der Waals surface area contributed by atoms with Crippen LogP contribution in [-0.4, -0.2) is 12.3 Å². The summed E-state index contributed by atoms with van der Waals surface area (Å²) in [5.41, 5.74) is 1.51. The van der Waals surface area contributed by atoms with Crippen LogP contribution in [0.3, 0.4) is 0 Å². The first-order valence-corrected chi connectivity index (χ1v) is 8.37. The molecule has 0 saturated heterocycles. The van der Waals surface area contributed by atoms with Gasteiger partial charge < -0.3 is 0 Å². The minimum absolute atomic E-state index is 1.06. The van der Waals surface area contributed by atoms with Crippen molar-refractivity contribution in [2.45, 2.75) is 97.8 Å². The lowest BCUT2D eigenvalue weighted by Gasteiger charge is -2.07. The monoisotopic (exact) mass is 253 g/mol. The molecule has 0 rings (SSSR count). The molecule has 0 atom stereocenters. The van der Waals surface area contributed by atoms with E-state index in [0.29, 0.717) is 0 Å². The zero-order chi connectivity index (χ0) is 13.5. The Morgan fingerprint density at radius 1 is 0.611 bits per heavy atom. The van der Waals surface area contributed by atoms with Crippen molar-refractivity contribution < 1.29 is 0 Å². The van der Waals surface area contributed by atoms with Crippen LogP contribution >= 0.6 is 0 Å². The van der Waals surface area contributed by atoms with Crippen LogP contribution in [0, 0.1) is 0 Å². The summed E-state index contributed by atoms with van der Waals surface area (Å²) in [7, 11) is 0. The SMILES string of the molecule is CCCCCCC/C(CCCCC)=N/CCCC. The van der Waals surface area contributed by atoms with Gasteiger partial charge in [0.15, 0.2) is 0 Å². The van der Waals surface area contributed by atoms with Crippen molar-refractivity contribution in [1.82, 2.24) is 0 Å². The van der Waals surface area contributed by atoms with Crippen LogP contribution in [0.1, 0.15) is 97.8 Å². The van der Waals surface area contributed by atoms with E-state index in [-0.39, 0.29) is 0 Å². The summed E-state index contributed by atoms with van der Waals surface area (Å²) in [5.74, 6) is 0. The van der Waals surface area contributed by atoms with Gasteiger partial charge in [0, 0.05) is 12.3 Å². The van der Waals surface area contributed by atoms with Crippen molar-refractivity contribution in [2.24, 2.45) is 4.99 Å². The van der Waals surface area contributed by atoms with E-state index in [0.717, 1.165) is 6.54 Å². The van der Waals surface area contributed by atoms with Crippen molar-refractivity contribution in [3.8, 4) is 0 Å². The Kier molecular flexibility index (Phi) is 14.5. The van der Waals surface area contributed by atoms with Crippen LogP contribution < -0.4 is 0 Å². The number of hydrogen-bond acceptors (Lipinski definition) is 1. The minimum atomic E-state index is 1.06. The van der Waals surface area contributed by atoms with Crippen molar-refractivity contribution in [3.63, 3.8) is 0 Å². The van der Waals surface area contributed by atoms with Crippen molar-refractivity contribution in [2.75, 3.05) is 6.54 Å². The van der Waals surface area contributed by atoms with Crippen molar-refractivity contribution in [3.05, 3.63) is 0 Å². The number of rotatable bonds is 13. The number of aliphatic imine (C=N–C) groups is 1. The lowest BCUT2D eigenvalue weighted by molar-refractivity contribution is 0.637. The molecule has 1 heteroatoms. The Balaban J connectivity index is 3.77. The molecule has 108 valence electrons. The maximum Gasteiger partial charge on any atom is 0.0388 e. The highest BCUT2D eigenvalue weighted by atomic mass is 14.7. The smallest absolute Gasteiger partial charge is 0.0388 e. The van der Waals surface area contributed by atoms with E-state index in [1.165, 1.54) is 82.8 Å². The summed E-state index contributed by atoms with van der Waals surface area (Å²) in [4.78, 5) is 4.82. The van der Waals surface area contributed by atoms with Gasteiger partial charge in [-0.15, -0.1) is 0 Å². The molecule has 0 heterocycles. The molecule has 0 N–H and O–H groups in total. The van der Waals surface area contributed by atoms with Crippen molar-refractivity contribution >= 4 is 5.71 Å². The Hall–Kier alpha value is -0.330. The van der Waals surface area contributed by atoms with Gasteiger partial charge in [0.1, 0.15) is 0 Å². The third-order valence-corrected chi connectivity index (χ3v) is 3.48. The molecule has 0 unspecified atom stereocenters. The number of hydrogen-bond donors (Lipinski definition) is 0. The van der Waals surface area contributed by atoms with Gasteiger partial charge in [0.05, 0.1) is 0 Å². The fourth-order valence-corrected chi connectivity index (χ4v) is 2.19. The van der Waals surface area contributed by atoms with Crippen LogP contribution in [0.25, 0.3) is 0 Å². The van der Waals surface area contributed by atoms with E-state index in [1.807, 2.05) is 0 Å². The molecule has 0 aliphatic rings. The highest BCUT2D eigenvalue weighted by Gasteiger charge is 2.00. The molecular weight excluding hydrogens is 218 g/mol. The van der Waals surface area contributed by atoms with Crippen LogP contribution in [-0.2, 0) is 0 Å². The normalized spacial score (nSPS) is 12.1. The molecule has 0 aromatic rings. The second kappa shape index (κ2) is 14.7. The third kappa shape index (κ3) is 12.1. The van der Waals surface area contributed by atoms with Gasteiger partial charge in [0.2, 0.25) is 0 Å². The Morgan fingerprint density at radius 2 is 1.11 bits per heavy atom. The van der Waals surface area contributed by atoms with Crippen molar-refractivity contribution in [1.29, 1.82) is 0 Å². The third-order valence-electron chi connectivity index (χ3n) is 3.48. The molecule has 0 radical (unpaired) electrons.